The Labute approximate surface area is 172 Å². The van der Waals surface area contributed by atoms with Crippen LogP contribution >= 0.6 is 0 Å². The highest BCUT2D eigenvalue weighted by Crippen LogP contribution is 2.31. The lowest BCUT2D eigenvalue weighted by atomic mass is 10.1. The molecule has 1 aromatic rings. The van der Waals surface area contributed by atoms with Crippen LogP contribution in [0.4, 0.5) is 13.2 Å². The second-order valence-corrected chi connectivity index (χ2v) is 9.29. The van der Waals surface area contributed by atoms with Crippen LogP contribution in [0.25, 0.3) is 0 Å². The first-order valence-electron chi connectivity index (χ1n) is 9.01. The molecule has 1 amide bonds. The molecule has 30 heavy (non-hydrogen) atoms. The van der Waals surface area contributed by atoms with Crippen molar-refractivity contribution in [1.29, 1.82) is 0 Å². The largest absolute Gasteiger partial charge is 0.416 e. The lowest BCUT2D eigenvalue weighted by Crippen LogP contribution is -2.48. The molecule has 0 fully saturated rings. The van der Waals surface area contributed by atoms with Crippen molar-refractivity contribution in [3.63, 3.8) is 0 Å². The van der Waals surface area contributed by atoms with Gasteiger partial charge in [-0.05, 0) is 38.1 Å². The Hall–Kier alpha value is -2.15. The lowest BCUT2D eigenvalue weighted by molar-refractivity contribution is -0.137. The number of alkyl halides is 3. The van der Waals surface area contributed by atoms with E-state index in [1.54, 1.807) is 13.8 Å². The van der Waals surface area contributed by atoms with Gasteiger partial charge in [-0.15, -0.1) is 0 Å². The van der Waals surface area contributed by atoms with Gasteiger partial charge >= 0.3 is 6.18 Å². The predicted molar refractivity (Wildman–Crippen MR) is 101 cm³/mol. The maximum Gasteiger partial charge on any atom is 0.416 e. The molecule has 1 heterocycles. The van der Waals surface area contributed by atoms with Crippen molar-refractivity contribution in [2.24, 2.45) is 0 Å². The third-order valence-corrected chi connectivity index (χ3v) is 6.11. The fourth-order valence-electron chi connectivity index (χ4n) is 2.59. The number of aliphatic hydroxyl groups is 1. The number of nitrogens with one attached hydrogen (secondary N) is 2. The van der Waals surface area contributed by atoms with Gasteiger partial charge in [0, 0.05) is 25.2 Å². The summed E-state index contributed by atoms with van der Waals surface area (Å²) in [4.78, 5) is 16.4. The molecule has 0 radical (unpaired) electrons. The zero-order chi connectivity index (χ0) is 22.6. The van der Waals surface area contributed by atoms with Crippen molar-refractivity contribution >= 4 is 15.9 Å². The Balaban J connectivity index is 1.93. The van der Waals surface area contributed by atoms with E-state index in [4.69, 9.17) is 9.94 Å². The molecule has 2 rings (SSSR count). The standard InChI is InChI=1S/C18H24F3N3O5S/c1-17(2,12-25)22-16(26)11-29-23-14-6-8-24(9-7-14)30(27,28)15-5-3-4-13(10-15)18(19,20)21/h3-6,10,23,25H,7-9,11-12H2,1-2H3,(H,22,26). The second kappa shape index (κ2) is 9.33. The monoisotopic (exact) mass is 451 g/mol. The number of benzene rings is 1. The minimum Gasteiger partial charge on any atom is -0.394 e. The van der Waals surface area contributed by atoms with Gasteiger partial charge in [-0.1, -0.05) is 6.07 Å². The van der Waals surface area contributed by atoms with Gasteiger partial charge in [-0.2, -0.15) is 17.5 Å². The maximum atomic E-state index is 12.9. The minimum absolute atomic E-state index is 0.0323. The van der Waals surface area contributed by atoms with Crippen molar-refractivity contribution in [2.75, 3.05) is 26.3 Å². The first-order valence-corrected chi connectivity index (χ1v) is 10.5. The van der Waals surface area contributed by atoms with Gasteiger partial charge in [0.25, 0.3) is 0 Å². The number of halogens is 3. The average molecular weight is 451 g/mol. The number of hydroxylamine groups is 1. The summed E-state index contributed by atoms with van der Waals surface area (Å²) in [6.45, 7) is 2.68. The average Bonchev–Trinajstić information content (AvgIpc) is 2.67. The molecule has 12 heteroatoms. The van der Waals surface area contributed by atoms with Gasteiger partial charge < -0.3 is 10.4 Å². The SMILES string of the molecule is CC(C)(CO)NC(=O)CONC1=CCN(S(=O)(=O)c2cccc(C(F)(F)F)c2)CC1. The molecule has 0 atom stereocenters. The summed E-state index contributed by atoms with van der Waals surface area (Å²) in [5, 5.41) is 11.7. The number of hydrogen-bond donors (Lipinski definition) is 3. The molecular formula is C18H24F3N3O5S. The third-order valence-electron chi connectivity index (χ3n) is 4.25. The first kappa shape index (κ1) is 24.1. The second-order valence-electron chi connectivity index (χ2n) is 7.35. The van der Waals surface area contributed by atoms with E-state index in [1.807, 2.05) is 0 Å². The molecule has 3 N–H and O–H groups in total. The quantitative estimate of drug-likeness (QED) is 0.516. The van der Waals surface area contributed by atoms with E-state index < -0.39 is 38.1 Å². The summed E-state index contributed by atoms with van der Waals surface area (Å²) >= 11 is 0. The van der Waals surface area contributed by atoms with E-state index in [1.165, 1.54) is 6.08 Å². The summed E-state index contributed by atoms with van der Waals surface area (Å²) in [5.74, 6) is -0.452. The number of rotatable bonds is 8. The van der Waals surface area contributed by atoms with Crippen LogP contribution in [-0.2, 0) is 25.8 Å². The van der Waals surface area contributed by atoms with Gasteiger partial charge in [0.1, 0.15) is 0 Å². The van der Waals surface area contributed by atoms with E-state index in [0.29, 0.717) is 11.8 Å². The Bertz CT molecular complexity index is 901. The Morgan fingerprint density at radius 2 is 2.00 bits per heavy atom. The fourth-order valence-corrected chi connectivity index (χ4v) is 4.02. The zero-order valence-corrected chi connectivity index (χ0v) is 17.3. The van der Waals surface area contributed by atoms with Crippen molar-refractivity contribution in [3.05, 3.63) is 41.6 Å². The molecule has 0 aliphatic carbocycles. The number of amides is 1. The van der Waals surface area contributed by atoms with Crippen molar-refractivity contribution in [1.82, 2.24) is 15.1 Å². The van der Waals surface area contributed by atoms with Gasteiger partial charge in [0.15, 0.2) is 6.61 Å². The van der Waals surface area contributed by atoms with Crippen LogP contribution in [0.1, 0.15) is 25.8 Å². The Kier molecular flexibility index (Phi) is 7.50. The molecule has 0 bridgehead atoms. The third kappa shape index (κ3) is 6.42. The van der Waals surface area contributed by atoms with Crippen LogP contribution in [-0.4, -0.2) is 55.6 Å². The van der Waals surface area contributed by atoms with Gasteiger partial charge in [-0.3, -0.25) is 15.1 Å². The summed E-state index contributed by atoms with van der Waals surface area (Å²) in [6, 6.07) is 3.60. The van der Waals surface area contributed by atoms with E-state index in [-0.39, 0.29) is 32.7 Å². The van der Waals surface area contributed by atoms with Crippen LogP contribution in [0.5, 0.6) is 0 Å². The summed E-state index contributed by atoms with van der Waals surface area (Å²) in [7, 11) is -4.09. The highest BCUT2D eigenvalue weighted by Gasteiger charge is 2.33. The van der Waals surface area contributed by atoms with Crippen molar-refractivity contribution < 1.29 is 36.3 Å². The number of nitrogens with zero attached hydrogens (tertiary/aromatic N) is 1. The van der Waals surface area contributed by atoms with Crippen LogP contribution < -0.4 is 10.8 Å². The fraction of sp³-hybridized carbons (Fsp3) is 0.500. The summed E-state index contributed by atoms with van der Waals surface area (Å²) in [6.07, 6.45) is -2.90. The molecule has 8 nitrogen and oxygen atoms in total. The topological polar surface area (TPSA) is 108 Å². The molecule has 0 unspecified atom stereocenters. The molecule has 168 valence electrons. The molecule has 1 aliphatic heterocycles. The van der Waals surface area contributed by atoms with E-state index in [0.717, 1.165) is 22.5 Å². The highest BCUT2D eigenvalue weighted by atomic mass is 32.2. The highest BCUT2D eigenvalue weighted by molar-refractivity contribution is 7.89. The zero-order valence-electron chi connectivity index (χ0n) is 16.5. The Morgan fingerprint density at radius 1 is 1.30 bits per heavy atom. The molecule has 1 aromatic carbocycles. The molecule has 0 saturated heterocycles. The molecular weight excluding hydrogens is 427 g/mol. The summed E-state index contributed by atoms with van der Waals surface area (Å²) < 4.78 is 64.9. The van der Waals surface area contributed by atoms with Gasteiger partial charge in [0.2, 0.25) is 15.9 Å². The summed E-state index contributed by atoms with van der Waals surface area (Å²) in [5.41, 5.74) is 1.28. The van der Waals surface area contributed by atoms with Crippen LogP contribution in [0.15, 0.2) is 40.9 Å². The smallest absolute Gasteiger partial charge is 0.394 e. The number of sulfonamides is 1. The maximum absolute atomic E-state index is 12.9. The molecule has 0 saturated carbocycles. The lowest BCUT2D eigenvalue weighted by Gasteiger charge is -2.26. The van der Waals surface area contributed by atoms with Crippen LogP contribution in [0.2, 0.25) is 0 Å². The van der Waals surface area contributed by atoms with E-state index >= 15 is 0 Å². The number of carbonyl (C=O) groups excluding carboxylic acids is 1. The van der Waals surface area contributed by atoms with Crippen molar-refractivity contribution in [2.45, 2.75) is 36.9 Å². The Morgan fingerprint density at radius 3 is 2.57 bits per heavy atom. The number of carbonyl (C=O) groups is 1. The van der Waals surface area contributed by atoms with Gasteiger partial charge in [0.05, 0.1) is 22.6 Å². The van der Waals surface area contributed by atoms with E-state index in [2.05, 4.69) is 10.8 Å². The normalized spacial score (nSPS) is 16.1. The van der Waals surface area contributed by atoms with Gasteiger partial charge in [-0.25, -0.2) is 8.42 Å². The molecule has 0 spiro atoms. The first-order chi connectivity index (χ1) is 13.8. The number of hydrogen-bond acceptors (Lipinski definition) is 6. The van der Waals surface area contributed by atoms with Crippen LogP contribution in [0, 0.1) is 0 Å². The van der Waals surface area contributed by atoms with Crippen molar-refractivity contribution in [3.8, 4) is 0 Å². The number of aliphatic hydroxyl groups excluding tert-OH is 1. The minimum atomic E-state index is -4.64. The molecule has 1 aliphatic rings. The van der Waals surface area contributed by atoms with Crippen LogP contribution in [0.3, 0.4) is 0 Å². The van der Waals surface area contributed by atoms with E-state index in [9.17, 15) is 26.4 Å². The molecule has 0 aromatic heterocycles. The predicted octanol–water partition coefficient (Wildman–Crippen LogP) is 1.39.